The van der Waals surface area contributed by atoms with E-state index in [9.17, 15) is 4.21 Å². The van der Waals surface area contributed by atoms with Gasteiger partial charge in [0.25, 0.3) is 0 Å². The zero-order valence-corrected chi connectivity index (χ0v) is 18.7. The Labute approximate surface area is 173 Å². The fraction of sp³-hybridized carbons (Fsp3) is 0.591. The number of piperazine rings is 1. The van der Waals surface area contributed by atoms with E-state index in [1.807, 2.05) is 26.8 Å². The number of aliphatic imine (C=N–C) groups is 1. The smallest absolute Gasteiger partial charge is 0.194 e. The molecule has 0 spiro atoms. The van der Waals surface area contributed by atoms with Crippen molar-refractivity contribution in [1.29, 1.82) is 0 Å². The van der Waals surface area contributed by atoms with E-state index in [2.05, 4.69) is 58.5 Å². The maximum Gasteiger partial charge on any atom is 0.194 e. The number of hydrogen-bond acceptors (Lipinski definition) is 3. The fourth-order valence-electron chi connectivity index (χ4n) is 3.01. The predicted molar refractivity (Wildman–Crippen MR) is 122 cm³/mol. The predicted octanol–water partition coefficient (Wildman–Crippen LogP) is 2.83. The van der Waals surface area contributed by atoms with Gasteiger partial charge in [-0.1, -0.05) is 42.5 Å². The monoisotopic (exact) mass is 404 g/mol. The topological polar surface area (TPSA) is 47.9 Å². The van der Waals surface area contributed by atoms with Crippen molar-refractivity contribution in [3.05, 3.63) is 42.0 Å². The molecule has 1 aliphatic rings. The standard InChI is InChI=1S/C22H36N4OS/c1-5-23-21(24-13-19-28(27)22(2,3)4)26-17-15-25(16-18-26)14-9-12-20-10-7-6-8-11-20/h6-12H,5,13-19H2,1-4H3,(H,23,24)/b12-9+. The van der Waals surface area contributed by atoms with Crippen LogP contribution in [-0.4, -0.2) is 76.3 Å². The zero-order chi connectivity index (χ0) is 20.4. The minimum Gasteiger partial charge on any atom is -0.357 e. The van der Waals surface area contributed by atoms with Gasteiger partial charge in [-0.2, -0.15) is 0 Å². The van der Waals surface area contributed by atoms with Crippen LogP contribution in [-0.2, 0) is 10.8 Å². The molecule has 1 unspecified atom stereocenters. The Bertz CT molecular complexity index is 659. The number of rotatable bonds is 7. The molecule has 6 heteroatoms. The highest BCUT2D eigenvalue weighted by atomic mass is 32.2. The zero-order valence-electron chi connectivity index (χ0n) is 17.9. The summed E-state index contributed by atoms with van der Waals surface area (Å²) in [5, 5.41) is 3.39. The van der Waals surface area contributed by atoms with Crippen LogP contribution in [0, 0.1) is 0 Å². The summed E-state index contributed by atoms with van der Waals surface area (Å²) in [6.07, 6.45) is 4.43. The lowest BCUT2D eigenvalue weighted by Gasteiger charge is -2.36. The summed E-state index contributed by atoms with van der Waals surface area (Å²) in [7, 11) is -0.857. The molecular weight excluding hydrogens is 368 g/mol. The summed E-state index contributed by atoms with van der Waals surface area (Å²) in [6.45, 7) is 14.5. The van der Waals surface area contributed by atoms with Crippen LogP contribution in [0.1, 0.15) is 33.3 Å². The van der Waals surface area contributed by atoms with Crippen molar-refractivity contribution in [1.82, 2.24) is 15.1 Å². The maximum atomic E-state index is 12.2. The molecule has 1 aromatic rings. The normalized spacial score (nSPS) is 17.9. The largest absolute Gasteiger partial charge is 0.357 e. The summed E-state index contributed by atoms with van der Waals surface area (Å²) in [5.41, 5.74) is 1.25. The van der Waals surface area contributed by atoms with Crippen LogP contribution in [0.4, 0.5) is 0 Å². The Kier molecular flexibility index (Phi) is 9.19. The van der Waals surface area contributed by atoms with Gasteiger partial charge in [0.1, 0.15) is 0 Å². The van der Waals surface area contributed by atoms with Crippen molar-refractivity contribution < 1.29 is 4.21 Å². The molecule has 0 saturated carbocycles. The molecular formula is C22H36N4OS. The van der Waals surface area contributed by atoms with E-state index in [4.69, 9.17) is 4.99 Å². The van der Waals surface area contributed by atoms with E-state index < -0.39 is 10.8 Å². The number of nitrogens with one attached hydrogen (secondary N) is 1. The van der Waals surface area contributed by atoms with E-state index >= 15 is 0 Å². The van der Waals surface area contributed by atoms with Crippen molar-refractivity contribution in [2.75, 3.05) is 51.6 Å². The summed E-state index contributed by atoms with van der Waals surface area (Å²) in [6, 6.07) is 10.4. The van der Waals surface area contributed by atoms with E-state index in [1.165, 1.54) is 5.56 Å². The average Bonchev–Trinajstić information content (AvgIpc) is 2.68. The highest BCUT2D eigenvalue weighted by molar-refractivity contribution is 7.86. The molecule has 1 heterocycles. The number of hydrogen-bond donors (Lipinski definition) is 1. The van der Waals surface area contributed by atoms with Crippen molar-refractivity contribution in [3.8, 4) is 0 Å². The van der Waals surface area contributed by atoms with E-state index in [1.54, 1.807) is 0 Å². The molecule has 1 aliphatic heterocycles. The minimum atomic E-state index is -0.857. The van der Waals surface area contributed by atoms with Gasteiger partial charge in [0.2, 0.25) is 0 Å². The lowest BCUT2D eigenvalue weighted by molar-refractivity contribution is 0.194. The van der Waals surface area contributed by atoms with Crippen LogP contribution in [0.25, 0.3) is 6.08 Å². The van der Waals surface area contributed by atoms with Gasteiger partial charge in [0, 0.05) is 60.6 Å². The first kappa shape index (κ1) is 22.6. The molecule has 5 nitrogen and oxygen atoms in total. The molecule has 1 atom stereocenters. The molecule has 0 aromatic heterocycles. The van der Waals surface area contributed by atoms with Gasteiger partial charge in [-0.05, 0) is 33.3 Å². The van der Waals surface area contributed by atoms with Crippen LogP contribution < -0.4 is 5.32 Å². The van der Waals surface area contributed by atoms with Crippen LogP contribution in [0.3, 0.4) is 0 Å². The highest BCUT2D eigenvalue weighted by Gasteiger charge is 2.20. The first-order valence-electron chi connectivity index (χ1n) is 10.3. The Hall–Kier alpha value is -1.66. The Morgan fingerprint density at radius 1 is 1.18 bits per heavy atom. The molecule has 1 saturated heterocycles. The van der Waals surface area contributed by atoms with Crippen LogP contribution in [0.15, 0.2) is 41.4 Å². The molecule has 0 bridgehead atoms. The molecule has 2 rings (SSSR count). The van der Waals surface area contributed by atoms with Gasteiger partial charge in [-0.15, -0.1) is 0 Å². The Morgan fingerprint density at radius 3 is 2.46 bits per heavy atom. The van der Waals surface area contributed by atoms with Gasteiger partial charge < -0.3 is 10.2 Å². The Morgan fingerprint density at radius 2 is 1.86 bits per heavy atom. The number of benzene rings is 1. The van der Waals surface area contributed by atoms with Gasteiger partial charge in [0.05, 0.1) is 6.54 Å². The summed E-state index contributed by atoms with van der Waals surface area (Å²) in [5.74, 6) is 1.57. The van der Waals surface area contributed by atoms with Crippen LogP contribution >= 0.6 is 0 Å². The molecule has 1 aromatic carbocycles. The fourth-order valence-corrected chi connectivity index (χ4v) is 3.88. The average molecular weight is 405 g/mol. The molecule has 156 valence electrons. The molecule has 1 N–H and O–H groups in total. The van der Waals surface area contributed by atoms with Crippen molar-refractivity contribution in [2.45, 2.75) is 32.4 Å². The van der Waals surface area contributed by atoms with Gasteiger partial charge in [0.15, 0.2) is 5.96 Å². The molecule has 0 aliphatic carbocycles. The number of guanidine groups is 1. The molecule has 0 amide bonds. The molecule has 1 fully saturated rings. The third-order valence-corrected chi connectivity index (χ3v) is 6.62. The maximum absolute atomic E-state index is 12.2. The van der Waals surface area contributed by atoms with Crippen molar-refractivity contribution in [3.63, 3.8) is 0 Å². The highest BCUT2D eigenvalue weighted by Crippen LogP contribution is 2.11. The SMILES string of the molecule is CCNC(=NCCS(=O)C(C)(C)C)N1CCN(C/C=C/c2ccccc2)CC1. The first-order chi connectivity index (χ1) is 13.4. The van der Waals surface area contributed by atoms with E-state index in [-0.39, 0.29) is 4.75 Å². The van der Waals surface area contributed by atoms with Crippen LogP contribution in [0.2, 0.25) is 0 Å². The first-order valence-corrected chi connectivity index (χ1v) is 11.6. The third kappa shape index (κ3) is 7.76. The minimum absolute atomic E-state index is 0.174. The second kappa shape index (κ2) is 11.4. The third-order valence-electron chi connectivity index (χ3n) is 4.70. The lowest BCUT2D eigenvalue weighted by atomic mass is 10.2. The summed E-state index contributed by atoms with van der Waals surface area (Å²) >= 11 is 0. The summed E-state index contributed by atoms with van der Waals surface area (Å²) < 4.78 is 12.0. The summed E-state index contributed by atoms with van der Waals surface area (Å²) in [4.78, 5) is 9.51. The van der Waals surface area contributed by atoms with E-state index in [0.29, 0.717) is 12.3 Å². The molecule has 0 radical (unpaired) electrons. The second-order valence-electron chi connectivity index (χ2n) is 8.00. The Balaban J connectivity index is 1.80. The second-order valence-corrected chi connectivity index (χ2v) is 10.3. The quantitative estimate of drug-likeness (QED) is 0.561. The van der Waals surface area contributed by atoms with E-state index in [0.717, 1.165) is 45.2 Å². The van der Waals surface area contributed by atoms with Crippen molar-refractivity contribution in [2.24, 2.45) is 4.99 Å². The van der Waals surface area contributed by atoms with Gasteiger partial charge >= 0.3 is 0 Å². The van der Waals surface area contributed by atoms with Gasteiger partial charge in [-0.25, -0.2) is 0 Å². The molecule has 28 heavy (non-hydrogen) atoms. The number of nitrogens with zero attached hydrogens (tertiary/aromatic N) is 3. The van der Waals surface area contributed by atoms with Gasteiger partial charge in [-0.3, -0.25) is 14.1 Å². The van der Waals surface area contributed by atoms with Crippen molar-refractivity contribution >= 4 is 22.8 Å². The van der Waals surface area contributed by atoms with Crippen LogP contribution in [0.5, 0.6) is 0 Å². The lowest BCUT2D eigenvalue weighted by Crippen LogP contribution is -2.52.